The van der Waals surface area contributed by atoms with E-state index in [1.54, 1.807) is 6.07 Å². The first-order chi connectivity index (χ1) is 7.75. The van der Waals surface area contributed by atoms with E-state index in [9.17, 15) is 9.50 Å². The molecule has 88 valence electrons. The molecule has 0 radical (unpaired) electrons. The maximum absolute atomic E-state index is 13.0. The molecule has 2 atom stereocenters. The van der Waals surface area contributed by atoms with Gasteiger partial charge in [-0.1, -0.05) is 12.1 Å². The van der Waals surface area contributed by atoms with Gasteiger partial charge in [0.25, 0.3) is 0 Å². The molecule has 0 aromatic heterocycles. The maximum atomic E-state index is 13.0. The molecule has 16 heavy (non-hydrogen) atoms. The molecule has 1 aromatic carbocycles. The van der Waals surface area contributed by atoms with Crippen molar-refractivity contribution in [3.8, 4) is 0 Å². The van der Waals surface area contributed by atoms with Crippen molar-refractivity contribution in [2.45, 2.75) is 17.8 Å². The van der Waals surface area contributed by atoms with Crippen LogP contribution in [0, 0.1) is 5.82 Å². The second-order valence-corrected chi connectivity index (χ2v) is 6.38. The molecule has 1 aliphatic rings. The fourth-order valence-electron chi connectivity index (χ4n) is 1.77. The Morgan fingerprint density at radius 2 is 2.31 bits per heavy atom. The molecule has 1 aromatic rings. The monoisotopic (exact) mass is 258 g/mol. The largest absolute Gasteiger partial charge is 0.392 e. The molecule has 1 aliphatic heterocycles. The van der Waals surface area contributed by atoms with E-state index < -0.39 is 0 Å². The lowest BCUT2D eigenvalue weighted by atomic mass is 10.1. The second kappa shape index (κ2) is 5.94. The summed E-state index contributed by atoms with van der Waals surface area (Å²) in [5.74, 6) is 3.06. The van der Waals surface area contributed by atoms with Crippen LogP contribution in [0.2, 0.25) is 0 Å². The van der Waals surface area contributed by atoms with E-state index in [1.807, 2.05) is 29.6 Å². The third kappa shape index (κ3) is 3.40. The zero-order valence-electron chi connectivity index (χ0n) is 8.93. The lowest BCUT2D eigenvalue weighted by molar-refractivity contribution is 0.177. The molecule has 1 saturated heterocycles. The summed E-state index contributed by atoms with van der Waals surface area (Å²) in [7, 11) is 0. The quantitative estimate of drug-likeness (QED) is 0.900. The average Bonchev–Trinajstić information content (AvgIpc) is 2.30. The fourth-order valence-corrected chi connectivity index (χ4v) is 4.54. The fraction of sp³-hybridized carbons (Fsp3) is 0.500. The highest BCUT2D eigenvalue weighted by Crippen LogP contribution is 2.27. The Morgan fingerprint density at radius 3 is 3.00 bits per heavy atom. The van der Waals surface area contributed by atoms with Crippen LogP contribution in [-0.2, 0) is 6.42 Å². The Hall–Kier alpha value is -0.190. The molecular weight excluding hydrogens is 243 g/mol. The lowest BCUT2D eigenvalue weighted by Crippen LogP contribution is -2.30. The number of hydrogen-bond acceptors (Lipinski definition) is 3. The zero-order chi connectivity index (χ0) is 11.4. The van der Waals surface area contributed by atoms with Crippen molar-refractivity contribution >= 4 is 23.5 Å². The van der Waals surface area contributed by atoms with Gasteiger partial charge in [0.1, 0.15) is 5.82 Å². The van der Waals surface area contributed by atoms with Gasteiger partial charge in [-0.2, -0.15) is 23.5 Å². The SMILES string of the molecule is OC(Cc1cccc(F)c1)C1CSCCS1. The summed E-state index contributed by atoms with van der Waals surface area (Å²) in [6.45, 7) is 0. The smallest absolute Gasteiger partial charge is 0.123 e. The standard InChI is InChI=1S/C12H15FOS2/c13-10-3-1-2-9(6-10)7-11(14)12-8-15-4-5-16-12/h1-3,6,11-12,14H,4-5,7-8H2. The van der Waals surface area contributed by atoms with Gasteiger partial charge in [0.05, 0.1) is 6.10 Å². The predicted octanol–water partition coefficient (Wildman–Crippen LogP) is 2.58. The molecule has 1 nitrogen and oxygen atoms in total. The Kier molecular flexibility index (Phi) is 4.55. The summed E-state index contributed by atoms with van der Waals surface area (Å²) < 4.78 is 13.0. The number of thioether (sulfide) groups is 2. The van der Waals surface area contributed by atoms with Crippen molar-refractivity contribution in [1.82, 2.24) is 0 Å². The summed E-state index contributed by atoms with van der Waals surface area (Å²) in [4.78, 5) is 0. The van der Waals surface area contributed by atoms with Crippen molar-refractivity contribution in [2.24, 2.45) is 0 Å². The number of halogens is 1. The molecule has 1 fully saturated rings. The van der Waals surface area contributed by atoms with E-state index in [1.165, 1.54) is 17.9 Å². The van der Waals surface area contributed by atoms with Crippen molar-refractivity contribution < 1.29 is 9.50 Å². The summed E-state index contributed by atoms with van der Waals surface area (Å²) in [6, 6.07) is 6.50. The first-order valence-corrected chi connectivity index (χ1v) is 7.58. The van der Waals surface area contributed by atoms with Crippen LogP contribution in [0.15, 0.2) is 24.3 Å². The summed E-state index contributed by atoms with van der Waals surface area (Å²) in [5.41, 5.74) is 0.878. The molecule has 0 spiro atoms. The molecule has 2 rings (SSSR count). The number of rotatable bonds is 3. The van der Waals surface area contributed by atoms with E-state index in [0.717, 1.165) is 17.1 Å². The summed E-state index contributed by atoms with van der Waals surface area (Å²) >= 11 is 3.72. The van der Waals surface area contributed by atoms with Gasteiger partial charge in [-0.15, -0.1) is 0 Å². The number of aliphatic hydroxyl groups is 1. The Morgan fingerprint density at radius 1 is 1.44 bits per heavy atom. The highest BCUT2D eigenvalue weighted by Gasteiger charge is 2.22. The highest BCUT2D eigenvalue weighted by molar-refractivity contribution is 8.06. The minimum atomic E-state index is -0.361. The van der Waals surface area contributed by atoms with E-state index in [0.29, 0.717) is 11.7 Å². The Balaban J connectivity index is 1.93. The summed E-state index contributed by atoms with van der Waals surface area (Å²) in [5, 5.41) is 10.4. The van der Waals surface area contributed by atoms with E-state index in [4.69, 9.17) is 0 Å². The van der Waals surface area contributed by atoms with Crippen molar-refractivity contribution in [2.75, 3.05) is 17.3 Å². The number of benzene rings is 1. The molecule has 4 heteroatoms. The van der Waals surface area contributed by atoms with E-state index in [2.05, 4.69) is 0 Å². The van der Waals surface area contributed by atoms with Crippen LogP contribution in [0.3, 0.4) is 0 Å². The maximum Gasteiger partial charge on any atom is 0.123 e. The van der Waals surface area contributed by atoms with E-state index >= 15 is 0 Å². The van der Waals surface area contributed by atoms with Gasteiger partial charge < -0.3 is 5.11 Å². The van der Waals surface area contributed by atoms with Gasteiger partial charge in [0, 0.05) is 22.5 Å². The van der Waals surface area contributed by atoms with Crippen LogP contribution in [0.5, 0.6) is 0 Å². The number of hydrogen-bond donors (Lipinski definition) is 1. The normalized spacial score (nSPS) is 23.0. The van der Waals surface area contributed by atoms with Gasteiger partial charge in [0.2, 0.25) is 0 Å². The molecule has 1 N–H and O–H groups in total. The Bertz CT molecular complexity index is 340. The molecule has 2 unspecified atom stereocenters. The van der Waals surface area contributed by atoms with Crippen LogP contribution in [0.25, 0.3) is 0 Å². The minimum Gasteiger partial charge on any atom is -0.392 e. The predicted molar refractivity (Wildman–Crippen MR) is 69.7 cm³/mol. The zero-order valence-corrected chi connectivity index (χ0v) is 10.6. The molecule has 0 saturated carbocycles. The molecule has 0 aliphatic carbocycles. The first-order valence-electron chi connectivity index (χ1n) is 5.37. The molecule has 1 heterocycles. The minimum absolute atomic E-state index is 0.227. The first kappa shape index (κ1) is 12.3. The molecule has 0 bridgehead atoms. The van der Waals surface area contributed by atoms with Crippen molar-refractivity contribution in [3.63, 3.8) is 0 Å². The highest BCUT2D eigenvalue weighted by atomic mass is 32.2. The van der Waals surface area contributed by atoms with Crippen molar-refractivity contribution in [3.05, 3.63) is 35.6 Å². The van der Waals surface area contributed by atoms with Gasteiger partial charge in [-0.3, -0.25) is 0 Å². The van der Waals surface area contributed by atoms with Gasteiger partial charge in [-0.25, -0.2) is 4.39 Å². The van der Waals surface area contributed by atoms with Crippen LogP contribution >= 0.6 is 23.5 Å². The summed E-state index contributed by atoms with van der Waals surface area (Å²) in [6.07, 6.45) is 0.190. The molecular formula is C12H15FOS2. The third-order valence-corrected chi connectivity index (χ3v) is 5.51. The Labute approximate surface area is 104 Å². The van der Waals surface area contributed by atoms with Crippen molar-refractivity contribution in [1.29, 1.82) is 0 Å². The van der Waals surface area contributed by atoms with Crippen LogP contribution < -0.4 is 0 Å². The van der Waals surface area contributed by atoms with Crippen LogP contribution in [0.4, 0.5) is 4.39 Å². The third-order valence-electron chi connectivity index (χ3n) is 2.60. The van der Waals surface area contributed by atoms with Crippen LogP contribution in [-0.4, -0.2) is 33.7 Å². The van der Waals surface area contributed by atoms with Gasteiger partial charge in [0.15, 0.2) is 0 Å². The molecule has 0 amide bonds. The lowest BCUT2D eigenvalue weighted by Gasteiger charge is -2.25. The van der Waals surface area contributed by atoms with Gasteiger partial charge >= 0.3 is 0 Å². The average molecular weight is 258 g/mol. The number of aliphatic hydroxyl groups excluding tert-OH is 1. The topological polar surface area (TPSA) is 20.2 Å². The van der Waals surface area contributed by atoms with Gasteiger partial charge in [-0.05, 0) is 24.1 Å². The second-order valence-electron chi connectivity index (χ2n) is 3.89. The van der Waals surface area contributed by atoms with Crippen LogP contribution in [0.1, 0.15) is 5.56 Å². The van der Waals surface area contributed by atoms with E-state index in [-0.39, 0.29) is 11.9 Å².